The predicted octanol–water partition coefficient (Wildman–Crippen LogP) is 4.03. The summed E-state index contributed by atoms with van der Waals surface area (Å²) >= 11 is 3.42. The normalized spacial score (nSPS) is 11.6. The maximum atomic E-state index is 14.5. The molecule has 10 heteroatoms. The van der Waals surface area contributed by atoms with Crippen LogP contribution in [0.1, 0.15) is 23.0 Å². The molecule has 4 rings (SSSR count). The molecule has 170 valence electrons. The van der Waals surface area contributed by atoms with Gasteiger partial charge >= 0.3 is 0 Å². The lowest BCUT2D eigenvalue weighted by atomic mass is 10.0. The topological polar surface area (TPSA) is 101 Å². The zero-order chi connectivity index (χ0) is 23.8. The van der Waals surface area contributed by atoms with E-state index in [0.29, 0.717) is 20.9 Å². The molecule has 0 fully saturated rings. The van der Waals surface area contributed by atoms with Gasteiger partial charge in [-0.3, -0.25) is 9.59 Å². The molecule has 0 aliphatic heterocycles. The van der Waals surface area contributed by atoms with Crippen molar-refractivity contribution in [2.45, 2.75) is 13.5 Å². The minimum Gasteiger partial charge on any atom is -0.331 e. The largest absolute Gasteiger partial charge is 0.331 e. The Kier molecular flexibility index (Phi) is 6.22. The van der Waals surface area contributed by atoms with Crippen LogP contribution in [0.2, 0.25) is 0 Å². The van der Waals surface area contributed by atoms with E-state index in [4.69, 9.17) is 0 Å². The Morgan fingerprint density at radius 1 is 1.15 bits per heavy atom. The highest BCUT2D eigenvalue weighted by atomic mass is 79.9. The Morgan fingerprint density at radius 2 is 1.91 bits per heavy atom. The highest BCUT2D eigenvalue weighted by Gasteiger charge is 2.28. The van der Waals surface area contributed by atoms with Gasteiger partial charge in [0.1, 0.15) is 11.5 Å². The van der Waals surface area contributed by atoms with Gasteiger partial charge in [0, 0.05) is 38.3 Å². The molecule has 2 aromatic carbocycles. The van der Waals surface area contributed by atoms with Crippen molar-refractivity contribution in [3.8, 4) is 11.1 Å². The van der Waals surface area contributed by atoms with Crippen LogP contribution < -0.4 is 10.3 Å². The second-order valence-electron chi connectivity index (χ2n) is 7.31. The first-order valence-electron chi connectivity index (χ1n) is 10.00. The minimum absolute atomic E-state index is 0.0511. The second-order valence-corrected chi connectivity index (χ2v) is 10.2. The van der Waals surface area contributed by atoms with E-state index in [0.717, 1.165) is 0 Å². The summed E-state index contributed by atoms with van der Waals surface area (Å²) in [5.41, 5.74) is 0.784. The van der Waals surface area contributed by atoms with Crippen LogP contribution in [0.15, 0.2) is 70.1 Å². The second kappa shape index (κ2) is 8.95. The molecule has 0 radical (unpaired) electrons. The maximum absolute atomic E-state index is 14.5. The van der Waals surface area contributed by atoms with Crippen LogP contribution >= 0.6 is 15.9 Å². The van der Waals surface area contributed by atoms with Gasteiger partial charge in [-0.25, -0.2) is 17.5 Å². The van der Waals surface area contributed by atoms with Gasteiger partial charge in [0.15, 0.2) is 0 Å². The highest BCUT2D eigenvalue weighted by molar-refractivity contribution is 9.10. The van der Waals surface area contributed by atoms with Crippen LogP contribution in [-0.2, 0) is 16.6 Å². The van der Waals surface area contributed by atoms with Crippen LogP contribution in [0.5, 0.6) is 0 Å². The summed E-state index contributed by atoms with van der Waals surface area (Å²) in [6.07, 6.45) is 1.46. The van der Waals surface area contributed by atoms with Crippen LogP contribution in [0.25, 0.3) is 22.0 Å². The lowest BCUT2D eigenvalue weighted by molar-refractivity contribution is 0.0974. The summed E-state index contributed by atoms with van der Waals surface area (Å²) in [4.78, 5) is 28.6. The van der Waals surface area contributed by atoms with E-state index in [1.54, 1.807) is 48.5 Å². The van der Waals surface area contributed by atoms with Crippen molar-refractivity contribution in [1.82, 2.24) is 14.3 Å². The van der Waals surface area contributed by atoms with E-state index in [1.807, 2.05) is 0 Å². The number of pyridine rings is 1. The minimum atomic E-state index is -3.90. The Morgan fingerprint density at radius 3 is 2.61 bits per heavy atom. The molecule has 7 nitrogen and oxygen atoms in total. The van der Waals surface area contributed by atoms with E-state index in [2.05, 4.69) is 25.6 Å². The van der Waals surface area contributed by atoms with Crippen molar-refractivity contribution in [2.75, 3.05) is 5.75 Å². The molecule has 0 saturated carbocycles. The maximum Gasteiger partial charge on any atom is 0.282 e. The van der Waals surface area contributed by atoms with Crippen molar-refractivity contribution >= 4 is 42.8 Å². The number of nitrogens with zero attached hydrogens (tertiary/aromatic N) is 1. The van der Waals surface area contributed by atoms with Crippen LogP contribution in [0, 0.1) is 5.82 Å². The molecule has 0 atom stereocenters. The Bertz CT molecular complexity index is 1540. The van der Waals surface area contributed by atoms with Crippen LogP contribution in [-0.4, -0.2) is 29.6 Å². The molecule has 33 heavy (non-hydrogen) atoms. The van der Waals surface area contributed by atoms with Crippen molar-refractivity contribution in [2.24, 2.45) is 0 Å². The van der Waals surface area contributed by atoms with E-state index in [9.17, 15) is 22.4 Å². The summed E-state index contributed by atoms with van der Waals surface area (Å²) in [6.45, 7) is 1.36. The number of sulfonamides is 1. The summed E-state index contributed by atoms with van der Waals surface area (Å²) in [7, 11) is -3.90. The third-order valence-corrected chi connectivity index (χ3v) is 6.99. The van der Waals surface area contributed by atoms with Crippen molar-refractivity contribution < 1.29 is 17.6 Å². The zero-order valence-electron chi connectivity index (χ0n) is 17.4. The fraction of sp³-hybridized carbons (Fsp3) is 0.130. The number of aromatic nitrogens is 2. The SMILES string of the molecule is CCS(=O)(=O)NC(=O)c1c(-c2ccc[nH]c2=O)c2cc(Br)ccc2n1Cc1ccccc1F. The molecule has 2 heterocycles. The number of carbonyl (C=O) groups excluding carboxylic acids is 1. The average molecular weight is 532 g/mol. The average Bonchev–Trinajstić information content (AvgIpc) is 3.08. The molecule has 1 amide bonds. The van der Waals surface area contributed by atoms with Gasteiger partial charge in [-0.1, -0.05) is 34.1 Å². The summed E-state index contributed by atoms with van der Waals surface area (Å²) in [5.74, 6) is -1.68. The third-order valence-electron chi connectivity index (χ3n) is 5.24. The number of H-pyrrole nitrogens is 1. The molecule has 0 unspecified atom stereocenters. The fourth-order valence-electron chi connectivity index (χ4n) is 3.68. The van der Waals surface area contributed by atoms with Gasteiger partial charge in [0.25, 0.3) is 11.5 Å². The first kappa shape index (κ1) is 22.9. The van der Waals surface area contributed by atoms with E-state index < -0.39 is 27.3 Å². The standard InChI is InChI=1S/C23H19BrFN3O4S/c1-2-33(31,32)27-23(30)21-20(16-7-5-11-26-22(16)29)17-12-15(24)9-10-19(17)28(21)13-14-6-3-4-8-18(14)25/h3-12H,2,13H2,1H3,(H,26,29)(H,27,30). The van der Waals surface area contributed by atoms with Crippen LogP contribution in [0.4, 0.5) is 4.39 Å². The molecule has 0 aliphatic carbocycles. The van der Waals surface area contributed by atoms with Crippen molar-refractivity contribution in [1.29, 1.82) is 0 Å². The number of aromatic amines is 1. The van der Waals surface area contributed by atoms with Gasteiger partial charge in [0.2, 0.25) is 10.0 Å². The number of carbonyl (C=O) groups is 1. The molecule has 0 spiro atoms. The number of rotatable bonds is 6. The van der Waals surface area contributed by atoms with Gasteiger partial charge in [0.05, 0.1) is 12.3 Å². The molecule has 2 N–H and O–H groups in total. The smallest absolute Gasteiger partial charge is 0.282 e. The zero-order valence-corrected chi connectivity index (χ0v) is 19.8. The fourth-order valence-corrected chi connectivity index (χ4v) is 4.56. The van der Waals surface area contributed by atoms with Gasteiger partial charge in [-0.15, -0.1) is 0 Å². The molecular formula is C23H19BrFN3O4S. The lowest BCUT2D eigenvalue weighted by Crippen LogP contribution is -2.33. The van der Waals surface area contributed by atoms with Gasteiger partial charge in [-0.05, 0) is 43.3 Å². The number of amides is 1. The number of benzene rings is 2. The summed E-state index contributed by atoms with van der Waals surface area (Å²) in [6, 6.07) is 14.5. The highest BCUT2D eigenvalue weighted by Crippen LogP contribution is 2.36. The van der Waals surface area contributed by atoms with Crippen molar-refractivity contribution in [3.05, 3.63) is 92.7 Å². The van der Waals surface area contributed by atoms with E-state index >= 15 is 0 Å². The molecule has 0 saturated heterocycles. The first-order valence-corrected chi connectivity index (χ1v) is 12.4. The Labute approximate surface area is 197 Å². The molecule has 0 bridgehead atoms. The van der Waals surface area contributed by atoms with Crippen LogP contribution in [0.3, 0.4) is 0 Å². The Balaban J connectivity index is 2.09. The van der Waals surface area contributed by atoms with Crippen molar-refractivity contribution in [3.63, 3.8) is 0 Å². The predicted molar refractivity (Wildman–Crippen MR) is 128 cm³/mol. The summed E-state index contributed by atoms with van der Waals surface area (Å²) < 4.78 is 43.2. The quantitative estimate of drug-likeness (QED) is 0.392. The number of halogens is 2. The molecule has 0 aliphatic rings. The monoisotopic (exact) mass is 531 g/mol. The number of nitrogens with one attached hydrogen (secondary N) is 2. The number of fused-ring (bicyclic) bond motifs is 1. The molecule has 2 aromatic heterocycles. The molecule has 4 aromatic rings. The Hall–Kier alpha value is -3.24. The summed E-state index contributed by atoms with van der Waals surface area (Å²) in [5, 5.41) is 0.538. The lowest BCUT2D eigenvalue weighted by Gasteiger charge is -2.13. The van der Waals surface area contributed by atoms with E-state index in [-0.39, 0.29) is 29.1 Å². The third kappa shape index (κ3) is 4.49. The molecular weight excluding hydrogens is 513 g/mol. The van der Waals surface area contributed by atoms with Gasteiger partial charge in [-0.2, -0.15) is 0 Å². The number of hydrogen-bond acceptors (Lipinski definition) is 4. The van der Waals surface area contributed by atoms with E-state index in [1.165, 1.54) is 23.8 Å². The number of hydrogen-bond donors (Lipinski definition) is 2. The first-order chi connectivity index (χ1) is 15.7. The van der Waals surface area contributed by atoms with Gasteiger partial charge < -0.3 is 9.55 Å².